The van der Waals surface area contributed by atoms with Crippen molar-refractivity contribution in [2.45, 2.75) is 11.4 Å². The third-order valence-electron chi connectivity index (χ3n) is 2.55. The Morgan fingerprint density at radius 3 is 2.57 bits per heavy atom. The lowest BCUT2D eigenvalue weighted by molar-refractivity contribution is 0.350. The van der Waals surface area contributed by atoms with Crippen LogP contribution >= 0.6 is 0 Å². The first-order valence-corrected chi connectivity index (χ1v) is 7.56. The van der Waals surface area contributed by atoms with E-state index in [0.717, 1.165) is 0 Å². The second-order valence-electron chi connectivity index (χ2n) is 4.02. The fourth-order valence-corrected chi connectivity index (χ4v) is 2.54. The molecule has 1 aromatic heterocycles. The van der Waals surface area contributed by atoms with Crippen LogP contribution in [0.1, 0.15) is 11.3 Å². The molecule has 0 aliphatic heterocycles. The van der Waals surface area contributed by atoms with Gasteiger partial charge >= 0.3 is 0 Å². The average molecular weight is 303 g/mol. The molecule has 0 radical (unpaired) electrons. The molecule has 0 fully saturated rings. The molecule has 108 valence electrons. The van der Waals surface area contributed by atoms with Crippen LogP contribution in [-0.2, 0) is 16.6 Å². The molecular weight excluding hydrogens is 290 g/mol. The van der Waals surface area contributed by atoms with Gasteiger partial charge in [0.15, 0.2) is 0 Å². The van der Waals surface area contributed by atoms with Gasteiger partial charge in [-0.05, 0) is 36.4 Å². The zero-order chi connectivity index (χ0) is 15.1. The summed E-state index contributed by atoms with van der Waals surface area (Å²) in [5, 5.41) is 16.1. The standard InChI is InChI=1S/C14H13N3O3S/c18-10-2-3-12-5-7-14(8-6-12)21(19,20)16-11-13-4-1-9-15-17-13/h1,4-9,16,18H,10-11H2. The third-order valence-corrected chi connectivity index (χ3v) is 3.96. The normalized spacial score (nSPS) is 10.7. The van der Waals surface area contributed by atoms with Crippen molar-refractivity contribution in [2.24, 2.45) is 0 Å². The Balaban J connectivity index is 2.09. The number of sulfonamides is 1. The van der Waals surface area contributed by atoms with Crippen LogP contribution in [0.15, 0.2) is 47.5 Å². The Kier molecular flexibility index (Phi) is 5.00. The molecule has 6 nitrogen and oxygen atoms in total. The first-order valence-electron chi connectivity index (χ1n) is 6.08. The maximum Gasteiger partial charge on any atom is 0.240 e. The molecule has 7 heteroatoms. The van der Waals surface area contributed by atoms with Gasteiger partial charge in [-0.2, -0.15) is 10.2 Å². The number of aliphatic hydroxyl groups excluding tert-OH is 1. The van der Waals surface area contributed by atoms with Crippen molar-refractivity contribution in [3.8, 4) is 11.8 Å². The van der Waals surface area contributed by atoms with Gasteiger partial charge in [-0.3, -0.25) is 0 Å². The highest BCUT2D eigenvalue weighted by atomic mass is 32.2. The molecule has 0 saturated heterocycles. The number of aromatic nitrogens is 2. The first-order chi connectivity index (χ1) is 10.1. The molecule has 21 heavy (non-hydrogen) atoms. The van der Waals surface area contributed by atoms with E-state index in [4.69, 9.17) is 5.11 Å². The molecule has 0 saturated carbocycles. The van der Waals surface area contributed by atoms with Gasteiger partial charge in [-0.15, -0.1) is 0 Å². The number of nitrogens with zero attached hydrogens (tertiary/aromatic N) is 2. The van der Waals surface area contributed by atoms with Crippen molar-refractivity contribution in [3.05, 3.63) is 53.9 Å². The lowest BCUT2D eigenvalue weighted by Crippen LogP contribution is -2.23. The van der Waals surface area contributed by atoms with Gasteiger partial charge in [0.1, 0.15) is 6.61 Å². The van der Waals surface area contributed by atoms with Crippen molar-refractivity contribution in [1.29, 1.82) is 0 Å². The van der Waals surface area contributed by atoms with Crippen LogP contribution in [0, 0.1) is 11.8 Å². The van der Waals surface area contributed by atoms with E-state index >= 15 is 0 Å². The van der Waals surface area contributed by atoms with Crippen LogP contribution in [0.25, 0.3) is 0 Å². The monoisotopic (exact) mass is 303 g/mol. The number of hydrogen-bond donors (Lipinski definition) is 2. The molecule has 0 amide bonds. The minimum atomic E-state index is -3.61. The van der Waals surface area contributed by atoms with Crippen LogP contribution < -0.4 is 4.72 Å². The largest absolute Gasteiger partial charge is 0.384 e. The van der Waals surface area contributed by atoms with Crippen LogP contribution in [0.3, 0.4) is 0 Å². The molecule has 2 N–H and O–H groups in total. The van der Waals surface area contributed by atoms with Crippen LogP contribution in [0.2, 0.25) is 0 Å². The first kappa shape index (κ1) is 15.1. The minimum Gasteiger partial charge on any atom is -0.384 e. The van der Waals surface area contributed by atoms with E-state index in [1.807, 2.05) is 0 Å². The van der Waals surface area contributed by atoms with Gasteiger partial charge in [-0.1, -0.05) is 11.8 Å². The van der Waals surface area contributed by atoms with Crippen molar-refractivity contribution in [1.82, 2.24) is 14.9 Å². The molecule has 0 aliphatic rings. The number of aliphatic hydroxyl groups is 1. The summed E-state index contributed by atoms with van der Waals surface area (Å²) in [4.78, 5) is 0.140. The lowest BCUT2D eigenvalue weighted by atomic mass is 10.2. The molecule has 1 aromatic carbocycles. The Morgan fingerprint density at radius 2 is 1.95 bits per heavy atom. The van der Waals surface area contributed by atoms with E-state index in [1.165, 1.54) is 18.3 Å². The summed E-state index contributed by atoms with van der Waals surface area (Å²) in [7, 11) is -3.61. The summed E-state index contributed by atoms with van der Waals surface area (Å²) >= 11 is 0. The Bertz CT molecular complexity index is 748. The van der Waals surface area contributed by atoms with E-state index in [2.05, 4.69) is 26.8 Å². The van der Waals surface area contributed by atoms with Crippen molar-refractivity contribution >= 4 is 10.0 Å². The molecule has 2 rings (SSSR count). The van der Waals surface area contributed by atoms with Gasteiger partial charge in [0, 0.05) is 11.8 Å². The fourth-order valence-electron chi connectivity index (χ4n) is 1.54. The van der Waals surface area contributed by atoms with E-state index < -0.39 is 10.0 Å². The van der Waals surface area contributed by atoms with E-state index in [0.29, 0.717) is 11.3 Å². The van der Waals surface area contributed by atoms with Crippen LogP contribution in [0.4, 0.5) is 0 Å². The highest BCUT2D eigenvalue weighted by Gasteiger charge is 2.13. The third kappa shape index (κ3) is 4.36. The molecular formula is C14H13N3O3S. The summed E-state index contributed by atoms with van der Waals surface area (Å²) in [5.41, 5.74) is 1.17. The van der Waals surface area contributed by atoms with Gasteiger partial charge in [0.25, 0.3) is 0 Å². The minimum absolute atomic E-state index is 0.0717. The SMILES string of the molecule is O=S(=O)(NCc1cccnn1)c1ccc(C#CCO)cc1. The predicted molar refractivity (Wildman–Crippen MR) is 76.5 cm³/mol. The summed E-state index contributed by atoms with van der Waals surface area (Å²) < 4.78 is 26.6. The molecule has 0 aliphatic carbocycles. The number of hydrogen-bond acceptors (Lipinski definition) is 5. The van der Waals surface area contributed by atoms with Crippen LogP contribution in [-0.4, -0.2) is 30.3 Å². The van der Waals surface area contributed by atoms with Crippen LogP contribution in [0.5, 0.6) is 0 Å². The van der Waals surface area contributed by atoms with Gasteiger partial charge in [0.2, 0.25) is 10.0 Å². The lowest BCUT2D eigenvalue weighted by Gasteiger charge is -2.06. The molecule has 0 spiro atoms. The molecule has 0 unspecified atom stereocenters. The maximum absolute atomic E-state index is 12.1. The average Bonchev–Trinajstić information content (AvgIpc) is 2.52. The summed E-state index contributed by atoms with van der Waals surface area (Å²) in [5.74, 6) is 5.19. The maximum atomic E-state index is 12.1. The highest BCUT2D eigenvalue weighted by molar-refractivity contribution is 7.89. The smallest absolute Gasteiger partial charge is 0.240 e. The van der Waals surface area contributed by atoms with Gasteiger partial charge in [0.05, 0.1) is 17.1 Å². The van der Waals surface area contributed by atoms with E-state index in [1.54, 1.807) is 24.3 Å². The molecule has 1 heterocycles. The number of benzene rings is 1. The quantitative estimate of drug-likeness (QED) is 0.793. The Morgan fingerprint density at radius 1 is 1.19 bits per heavy atom. The second-order valence-corrected chi connectivity index (χ2v) is 5.79. The van der Waals surface area contributed by atoms with Crippen molar-refractivity contribution < 1.29 is 13.5 Å². The Labute approximate surface area is 122 Å². The highest BCUT2D eigenvalue weighted by Crippen LogP contribution is 2.10. The zero-order valence-electron chi connectivity index (χ0n) is 11.0. The number of nitrogens with one attached hydrogen (secondary N) is 1. The second kappa shape index (κ2) is 6.95. The summed E-state index contributed by atoms with van der Waals surface area (Å²) in [6.07, 6.45) is 1.52. The Hall–Kier alpha value is -2.27. The number of rotatable bonds is 4. The van der Waals surface area contributed by atoms with Gasteiger partial charge in [-0.25, -0.2) is 13.1 Å². The van der Waals surface area contributed by atoms with Gasteiger partial charge < -0.3 is 5.11 Å². The van der Waals surface area contributed by atoms with E-state index in [-0.39, 0.29) is 18.0 Å². The predicted octanol–water partition coefficient (Wildman–Crippen LogP) is 0.299. The topological polar surface area (TPSA) is 92.2 Å². The molecule has 0 atom stereocenters. The molecule has 0 bridgehead atoms. The zero-order valence-corrected chi connectivity index (χ0v) is 11.8. The van der Waals surface area contributed by atoms with E-state index in [9.17, 15) is 8.42 Å². The summed E-state index contributed by atoms with van der Waals surface area (Å²) in [6, 6.07) is 9.45. The fraction of sp³-hybridized carbons (Fsp3) is 0.143. The molecule has 2 aromatic rings. The van der Waals surface area contributed by atoms with Crippen molar-refractivity contribution in [3.63, 3.8) is 0 Å². The van der Waals surface area contributed by atoms with Crippen molar-refractivity contribution in [2.75, 3.05) is 6.61 Å². The summed E-state index contributed by atoms with van der Waals surface area (Å²) in [6.45, 7) is -0.165.